The van der Waals surface area contributed by atoms with Gasteiger partial charge in [0.2, 0.25) is 0 Å². The minimum absolute atomic E-state index is 0.0679. The first-order valence-electron chi connectivity index (χ1n) is 5.34. The Labute approximate surface area is 113 Å². The number of aliphatic hydroxyl groups is 1. The summed E-state index contributed by atoms with van der Waals surface area (Å²) in [7, 11) is 1.38. The summed E-state index contributed by atoms with van der Waals surface area (Å²) in [6, 6.07) is 1.42. The lowest BCUT2D eigenvalue weighted by Gasteiger charge is -2.17. The van der Waals surface area contributed by atoms with Crippen molar-refractivity contribution in [2.45, 2.75) is 20.0 Å². The van der Waals surface area contributed by atoms with Crippen LogP contribution in [0.4, 0.5) is 0 Å². The molecule has 5 nitrogen and oxygen atoms in total. The van der Waals surface area contributed by atoms with E-state index in [-0.39, 0.29) is 18.1 Å². The van der Waals surface area contributed by atoms with E-state index in [1.54, 1.807) is 13.8 Å². The minimum atomic E-state index is -1.42. The summed E-state index contributed by atoms with van der Waals surface area (Å²) in [6.07, 6.45) is -1.42. The Morgan fingerprint density at radius 2 is 2.17 bits per heavy atom. The number of aliphatic hydroxyl groups excluding tert-OH is 1. The lowest BCUT2D eigenvalue weighted by Crippen LogP contribution is -2.17. The molecule has 18 heavy (non-hydrogen) atoms. The summed E-state index contributed by atoms with van der Waals surface area (Å²) in [4.78, 5) is 11.5. The zero-order chi connectivity index (χ0) is 13.9. The number of phenols is 1. The molecular formula is C12H15BrO5. The standard InChI is InChI=1S/C12H15BrO5/c1-4-18-12(16)10(15)8-6(2)5-7(14)11(17-3)9(8)13/h5,10,14-15H,4H2,1-3H3. The molecule has 1 rings (SSSR count). The van der Waals surface area contributed by atoms with E-state index in [2.05, 4.69) is 15.9 Å². The van der Waals surface area contributed by atoms with Crippen LogP contribution in [0, 0.1) is 6.92 Å². The van der Waals surface area contributed by atoms with E-state index in [9.17, 15) is 15.0 Å². The van der Waals surface area contributed by atoms with Crippen LogP contribution in [0.5, 0.6) is 11.5 Å². The smallest absolute Gasteiger partial charge is 0.339 e. The molecule has 0 bridgehead atoms. The van der Waals surface area contributed by atoms with Gasteiger partial charge in [-0.2, -0.15) is 0 Å². The second-order valence-electron chi connectivity index (χ2n) is 3.63. The highest BCUT2D eigenvalue weighted by Crippen LogP contribution is 2.41. The number of hydrogen-bond donors (Lipinski definition) is 2. The molecule has 2 N–H and O–H groups in total. The number of esters is 1. The van der Waals surface area contributed by atoms with Crippen LogP contribution < -0.4 is 4.74 Å². The van der Waals surface area contributed by atoms with Gasteiger partial charge < -0.3 is 19.7 Å². The van der Waals surface area contributed by atoms with E-state index in [1.807, 2.05) is 0 Å². The van der Waals surface area contributed by atoms with Gasteiger partial charge in [0.05, 0.1) is 18.2 Å². The van der Waals surface area contributed by atoms with Crippen molar-refractivity contribution in [3.63, 3.8) is 0 Å². The molecule has 1 unspecified atom stereocenters. The Hall–Kier alpha value is -1.27. The van der Waals surface area contributed by atoms with Gasteiger partial charge in [-0.1, -0.05) is 0 Å². The zero-order valence-corrected chi connectivity index (χ0v) is 11.9. The van der Waals surface area contributed by atoms with Gasteiger partial charge >= 0.3 is 5.97 Å². The number of carbonyl (C=O) groups is 1. The quantitative estimate of drug-likeness (QED) is 0.831. The highest BCUT2D eigenvalue weighted by atomic mass is 79.9. The van der Waals surface area contributed by atoms with Gasteiger partial charge in [-0.05, 0) is 41.4 Å². The largest absolute Gasteiger partial charge is 0.504 e. The molecule has 0 saturated carbocycles. The van der Waals surface area contributed by atoms with Gasteiger partial charge in [-0.3, -0.25) is 0 Å². The Kier molecular flexibility index (Phi) is 4.98. The maximum atomic E-state index is 11.5. The molecule has 1 aromatic carbocycles. The number of ether oxygens (including phenoxy) is 2. The molecule has 0 aliphatic rings. The van der Waals surface area contributed by atoms with Crippen LogP contribution in [0.3, 0.4) is 0 Å². The van der Waals surface area contributed by atoms with Gasteiger partial charge in [0, 0.05) is 5.56 Å². The Bertz CT molecular complexity index is 458. The first-order chi connectivity index (χ1) is 8.43. The third-order valence-corrected chi connectivity index (χ3v) is 3.22. The molecular weight excluding hydrogens is 304 g/mol. The van der Waals surface area contributed by atoms with Crippen LogP contribution >= 0.6 is 15.9 Å². The fourth-order valence-corrected chi connectivity index (χ4v) is 2.52. The summed E-state index contributed by atoms with van der Waals surface area (Å²) in [5.41, 5.74) is 0.879. The van der Waals surface area contributed by atoms with Crippen molar-refractivity contribution in [3.05, 3.63) is 21.7 Å². The van der Waals surface area contributed by atoms with Gasteiger partial charge in [-0.25, -0.2) is 4.79 Å². The third-order valence-electron chi connectivity index (χ3n) is 2.43. The van der Waals surface area contributed by atoms with Crippen LogP contribution in [0.25, 0.3) is 0 Å². The number of benzene rings is 1. The van der Waals surface area contributed by atoms with Crippen LogP contribution in [-0.2, 0) is 9.53 Å². The summed E-state index contributed by atoms with van der Waals surface area (Å²) in [6.45, 7) is 3.51. The fraction of sp³-hybridized carbons (Fsp3) is 0.417. The predicted octanol–water partition coefficient (Wildman–Crippen LogP) is 2.07. The first kappa shape index (κ1) is 14.8. The molecule has 0 aliphatic heterocycles. The fourth-order valence-electron chi connectivity index (χ4n) is 1.63. The van der Waals surface area contributed by atoms with Gasteiger partial charge in [0.15, 0.2) is 17.6 Å². The van der Waals surface area contributed by atoms with E-state index in [0.29, 0.717) is 15.6 Å². The maximum absolute atomic E-state index is 11.5. The molecule has 0 amide bonds. The molecule has 0 aliphatic carbocycles. The van der Waals surface area contributed by atoms with E-state index in [4.69, 9.17) is 9.47 Å². The molecule has 0 saturated heterocycles. The number of hydrogen-bond acceptors (Lipinski definition) is 5. The molecule has 0 radical (unpaired) electrons. The average Bonchev–Trinajstić information content (AvgIpc) is 2.29. The first-order valence-corrected chi connectivity index (χ1v) is 6.13. The van der Waals surface area contributed by atoms with Crippen LogP contribution in [0.1, 0.15) is 24.2 Å². The Balaban J connectivity index is 3.28. The van der Waals surface area contributed by atoms with Crippen molar-refractivity contribution < 1.29 is 24.5 Å². The van der Waals surface area contributed by atoms with E-state index in [1.165, 1.54) is 13.2 Å². The maximum Gasteiger partial charge on any atom is 0.339 e. The number of methoxy groups -OCH3 is 1. The van der Waals surface area contributed by atoms with Gasteiger partial charge in [0.1, 0.15) is 0 Å². The summed E-state index contributed by atoms with van der Waals surface area (Å²) in [5.74, 6) is -0.644. The summed E-state index contributed by atoms with van der Waals surface area (Å²) in [5, 5.41) is 19.6. The third kappa shape index (κ3) is 2.76. The molecule has 0 heterocycles. The van der Waals surface area contributed by atoms with Gasteiger partial charge in [-0.15, -0.1) is 0 Å². The van der Waals surface area contributed by atoms with Crippen molar-refractivity contribution in [2.75, 3.05) is 13.7 Å². The van der Waals surface area contributed by atoms with Crippen LogP contribution in [0.15, 0.2) is 10.5 Å². The highest BCUT2D eigenvalue weighted by molar-refractivity contribution is 9.10. The van der Waals surface area contributed by atoms with Crippen molar-refractivity contribution in [2.24, 2.45) is 0 Å². The topological polar surface area (TPSA) is 76.0 Å². The Morgan fingerprint density at radius 3 is 2.67 bits per heavy atom. The highest BCUT2D eigenvalue weighted by Gasteiger charge is 2.26. The van der Waals surface area contributed by atoms with Crippen molar-refractivity contribution in [1.82, 2.24) is 0 Å². The molecule has 0 fully saturated rings. The Morgan fingerprint density at radius 1 is 1.56 bits per heavy atom. The molecule has 1 aromatic rings. The van der Waals surface area contributed by atoms with E-state index in [0.717, 1.165) is 0 Å². The zero-order valence-electron chi connectivity index (χ0n) is 10.4. The van der Waals surface area contributed by atoms with Crippen LogP contribution in [0.2, 0.25) is 0 Å². The molecule has 100 valence electrons. The average molecular weight is 319 g/mol. The normalized spacial score (nSPS) is 12.1. The molecule has 1 atom stereocenters. The SMILES string of the molecule is CCOC(=O)C(O)c1c(C)cc(O)c(OC)c1Br. The lowest BCUT2D eigenvalue weighted by atomic mass is 10.0. The minimum Gasteiger partial charge on any atom is -0.504 e. The second kappa shape index (κ2) is 6.06. The number of aromatic hydroxyl groups is 1. The summed E-state index contributed by atoms with van der Waals surface area (Å²) >= 11 is 3.21. The van der Waals surface area contributed by atoms with Crippen LogP contribution in [-0.4, -0.2) is 29.9 Å². The molecule has 6 heteroatoms. The molecule has 0 spiro atoms. The number of rotatable bonds is 4. The number of carbonyl (C=O) groups excluding carboxylic acids is 1. The number of aryl methyl sites for hydroxylation is 1. The van der Waals surface area contributed by atoms with E-state index < -0.39 is 12.1 Å². The van der Waals surface area contributed by atoms with Gasteiger partial charge in [0.25, 0.3) is 0 Å². The molecule has 0 aromatic heterocycles. The van der Waals surface area contributed by atoms with Crippen molar-refractivity contribution >= 4 is 21.9 Å². The predicted molar refractivity (Wildman–Crippen MR) is 68.7 cm³/mol. The lowest BCUT2D eigenvalue weighted by molar-refractivity contribution is -0.153. The summed E-state index contributed by atoms with van der Waals surface area (Å²) < 4.78 is 10.1. The monoisotopic (exact) mass is 318 g/mol. The van der Waals surface area contributed by atoms with Crippen molar-refractivity contribution in [1.29, 1.82) is 0 Å². The van der Waals surface area contributed by atoms with E-state index >= 15 is 0 Å². The number of phenolic OH excluding ortho intramolecular Hbond substituents is 1. The second-order valence-corrected chi connectivity index (χ2v) is 4.42. The van der Waals surface area contributed by atoms with Crippen molar-refractivity contribution in [3.8, 4) is 11.5 Å². The number of halogens is 1.